The molecule has 2 fully saturated rings. The number of thiophene rings is 1. The van der Waals surface area contributed by atoms with E-state index in [0.29, 0.717) is 13.1 Å². The number of nitrogens with zero attached hydrogens (tertiary/aromatic N) is 1. The molecule has 2 atom stereocenters. The lowest BCUT2D eigenvalue weighted by Gasteiger charge is -2.35. The predicted octanol–water partition coefficient (Wildman–Crippen LogP) is 1.90. The quantitative estimate of drug-likeness (QED) is 0.853. The highest BCUT2D eigenvalue weighted by atomic mass is 79.9. The van der Waals surface area contributed by atoms with Crippen LogP contribution >= 0.6 is 27.3 Å². The topological polar surface area (TPSA) is 49.4 Å². The molecule has 2 aliphatic heterocycles. The van der Waals surface area contributed by atoms with Gasteiger partial charge in [0.2, 0.25) is 5.91 Å². The van der Waals surface area contributed by atoms with Crippen molar-refractivity contribution < 1.29 is 9.59 Å². The second-order valence-electron chi connectivity index (χ2n) is 5.05. The fourth-order valence-corrected chi connectivity index (χ4v) is 4.51. The molecule has 3 heterocycles. The molecular weight excluding hydrogens is 328 g/mol. The molecule has 1 N–H and O–H groups in total. The fraction of sp³-hybridized carbons (Fsp3) is 0.538. The zero-order valence-electron chi connectivity index (χ0n) is 10.4. The molecular formula is C13H15BrN2O2S. The summed E-state index contributed by atoms with van der Waals surface area (Å²) in [5, 5.41) is 4.83. The largest absolute Gasteiger partial charge is 0.354 e. The Bertz CT molecular complexity index is 516. The van der Waals surface area contributed by atoms with Gasteiger partial charge in [-0.1, -0.05) is 0 Å². The Balaban J connectivity index is 1.71. The van der Waals surface area contributed by atoms with Gasteiger partial charge in [-0.25, -0.2) is 0 Å². The third-order valence-corrected chi connectivity index (χ3v) is 5.81. The standard InChI is InChI=1S/C13H15BrN2O2S/c14-9-3-5-19-12(9)11(17)7-16-4-1-2-8-10(16)6-15-13(8)18/h3,5,8,10H,1-2,4,6-7H2,(H,15,18). The fourth-order valence-electron chi connectivity index (χ4n) is 2.99. The minimum atomic E-state index is 0.0772. The number of piperidine rings is 1. The van der Waals surface area contributed by atoms with Gasteiger partial charge in [-0.3, -0.25) is 14.5 Å². The van der Waals surface area contributed by atoms with Gasteiger partial charge in [0.1, 0.15) is 0 Å². The van der Waals surface area contributed by atoms with Gasteiger partial charge in [0.05, 0.1) is 17.3 Å². The third kappa shape index (κ3) is 2.49. The number of ketones is 1. The summed E-state index contributed by atoms with van der Waals surface area (Å²) in [7, 11) is 0. The smallest absolute Gasteiger partial charge is 0.224 e. The number of fused-ring (bicyclic) bond motifs is 1. The lowest BCUT2D eigenvalue weighted by Crippen LogP contribution is -2.47. The minimum absolute atomic E-state index is 0.0772. The summed E-state index contributed by atoms with van der Waals surface area (Å²) in [6, 6.07) is 2.10. The summed E-state index contributed by atoms with van der Waals surface area (Å²) >= 11 is 4.87. The number of likely N-dealkylation sites (tertiary alicyclic amines) is 1. The zero-order valence-corrected chi connectivity index (χ0v) is 12.8. The number of carbonyl (C=O) groups is 2. The van der Waals surface area contributed by atoms with Gasteiger partial charge in [0, 0.05) is 17.1 Å². The Labute approximate surface area is 124 Å². The number of hydrogen-bond donors (Lipinski definition) is 1. The van der Waals surface area contributed by atoms with Crippen LogP contribution in [0.2, 0.25) is 0 Å². The number of carbonyl (C=O) groups excluding carboxylic acids is 2. The Hall–Kier alpha value is -0.720. The number of rotatable bonds is 3. The van der Waals surface area contributed by atoms with E-state index >= 15 is 0 Å². The second-order valence-corrected chi connectivity index (χ2v) is 6.82. The van der Waals surface area contributed by atoms with Crippen molar-refractivity contribution in [2.75, 3.05) is 19.6 Å². The van der Waals surface area contributed by atoms with Crippen LogP contribution in [-0.4, -0.2) is 42.3 Å². The first-order chi connectivity index (χ1) is 9.16. The van der Waals surface area contributed by atoms with E-state index in [2.05, 4.69) is 26.1 Å². The molecule has 1 aromatic heterocycles. The summed E-state index contributed by atoms with van der Waals surface area (Å²) < 4.78 is 0.872. The summed E-state index contributed by atoms with van der Waals surface area (Å²) in [5.74, 6) is 0.370. The van der Waals surface area contributed by atoms with Crippen molar-refractivity contribution in [3.63, 3.8) is 0 Å². The van der Waals surface area contributed by atoms with Crippen molar-refractivity contribution in [2.45, 2.75) is 18.9 Å². The molecule has 6 heteroatoms. The molecule has 2 unspecified atom stereocenters. The maximum Gasteiger partial charge on any atom is 0.224 e. The number of amides is 1. The Morgan fingerprint density at radius 1 is 1.58 bits per heavy atom. The van der Waals surface area contributed by atoms with Gasteiger partial charge in [-0.05, 0) is 46.8 Å². The van der Waals surface area contributed by atoms with Crippen LogP contribution in [-0.2, 0) is 4.79 Å². The highest BCUT2D eigenvalue weighted by molar-refractivity contribution is 9.10. The van der Waals surface area contributed by atoms with Crippen LogP contribution in [0.25, 0.3) is 0 Å². The van der Waals surface area contributed by atoms with Gasteiger partial charge in [-0.15, -0.1) is 11.3 Å². The Morgan fingerprint density at radius 3 is 3.16 bits per heavy atom. The molecule has 1 amide bonds. The summed E-state index contributed by atoms with van der Waals surface area (Å²) in [5.41, 5.74) is 0. The summed E-state index contributed by atoms with van der Waals surface area (Å²) in [4.78, 5) is 26.9. The first-order valence-corrected chi connectivity index (χ1v) is 8.12. The Morgan fingerprint density at radius 2 is 2.42 bits per heavy atom. The average molecular weight is 343 g/mol. The van der Waals surface area contributed by atoms with E-state index in [1.54, 1.807) is 0 Å². The molecule has 0 spiro atoms. The lowest BCUT2D eigenvalue weighted by molar-refractivity contribution is -0.124. The molecule has 0 radical (unpaired) electrons. The molecule has 0 bridgehead atoms. The van der Waals surface area contributed by atoms with Gasteiger partial charge >= 0.3 is 0 Å². The molecule has 0 aromatic carbocycles. The molecule has 2 saturated heterocycles. The molecule has 2 aliphatic rings. The number of hydrogen-bond acceptors (Lipinski definition) is 4. The first kappa shape index (κ1) is 13.3. The monoisotopic (exact) mass is 342 g/mol. The normalized spacial score (nSPS) is 27.1. The molecule has 0 saturated carbocycles. The van der Waals surface area contributed by atoms with Crippen molar-refractivity contribution in [1.82, 2.24) is 10.2 Å². The van der Waals surface area contributed by atoms with Crippen LogP contribution in [0.1, 0.15) is 22.5 Å². The van der Waals surface area contributed by atoms with E-state index in [-0.39, 0.29) is 23.7 Å². The van der Waals surface area contributed by atoms with Crippen molar-refractivity contribution in [2.24, 2.45) is 5.92 Å². The maximum absolute atomic E-state index is 12.3. The first-order valence-electron chi connectivity index (χ1n) is 6.45. The van der Waals surface area contributed by atoms with Crippen molar-refractivity contribution in [1.29, 1.82) is 0 Å². The van der Waals surface area contributed by atoms with Crippen molar-refractivity contribution >= 4 is 39.0 Å². The lowest BCUT2D eigenvalue weighted by atomic mass is 9.91. The number of Topliss-reactive ketones (excluding diaryl/α,β-unsaturated/α-hetero) is 1. The summed E-state index contributed by atoms with van der Waals surface area (Å²) in [6.45, 7) is 2.00. The van der Waals surface area contributed by atoms with Crippen LogP contribution in [0.4, 0.5) is 0 Å². The summed E-state index contributed by atoms with van der Waals surface area (Å²) in [6.07, 6.45) is 1.94. The molecule has 1 aromatic rings. The highest BCUT2D eigenvalue weighted by Crippen LogP contribution is 2.29. The zero-order chi connectivity index (χ0) is 13.4. The average Bonchev–Trinajstić information content (AvgIpc) is 2.97. The van der Waals surface area contributed by atoms with Gasteiger partial charge < -0.3 is 5.32 Å². The molecule has 3 rings (SSSR count). The number of nitrogens with one attached hydrogen (secondary N) is 1. The maximum atomic E-state index is 12.3. The molecule has 102 valence electrons. The van der Waals surface area contributed by atoms with Crippen molar-refractivity contribution in [3.05, 3.63) is 20.8 Å². The van der Waals surface area contributed by atoms with Gasteiger partial charge in [0.15, 0.2) is 5.78 Å². The molecule has 4 nitrogen and oxygen atoms in total. The van der Waals surface area contributed by atoms with E-state index < -0.39 is 0 Å². The SMILES string of the molecule is O=C(CN1CCCC2C(=O)NCC21)c1sccc1Br. The minimum Gasteiger partial charge on any atom is -0.354 e. The van der Waals surface area contributed by atoms with E-state index in [9.17, 15) is 9.59 Å². The van der Waals surface area contributed by atoms with E-state index in [0.717, 1.165) is 28.7 Å². The number of halogens is 1. The molecule has 0 aliphatic carbocycles. The van der Waals surface area contributed by atoms with Crippen LogP contribution in [0.5, 0.6) is 0 Å². The van der Waals surface area contributed by atoms with Crippen LogP contribution < -0.4 is 5.32 Å². The van der Waals surface area contributed by atoms with Crippen LogP contribution in [0.3, 0.4) is 0 Å². The van der Waals surface area contributed by atoms with E-state index in [4.69, 9.17) is 0 Å². The van der Waals surface area contributed by atoms with Crippen molar-refractivity contribution in [3.8, 4) is 0 Å². The van der Waals surface area contributed by atoms with E-state index in [1.807, 2.05) is 11.4 Å². The second kappa shape index (κ2) is 5.34. The predicted molar refractivity (Wildman–Crippen MR) is 77.4 cm³/mol. The Kier molecular flexibility index (Phi) is 3.73. The third-order valence-electron chi connectivity index (χ3n) is 3.93. The van der Waals surface area contributed by atoms with E-state index in [1.165, 1.54) is 11.3 Å². The molecule has 19 heavy (non-hydrogen) atoms. The van der Waals surface area contributed by atoms with Crippen LogP contribution in [0.15, 0.2) is 15.9 Å². The highest BCUT2D eigenvalue weighted by Gasteiger charge is 2.41. The van der Waals surface area contributed by atoms with Crippen LogP contribution in [0, 0.1) is 5.92 Å². The van der Waals surface area contributed by atoms with Gasteiger partial charge in [-0.2, -0.15) is 0 Å². The van der Waals surface area contributed by atoms with Gasteiger partial charge in [0.25, 0.3) is 0 Å².